The third-order valence-electron chi connectivity index (χ3n) is 6.07. The monoisotopic (exact) mass is 574 g/mol. The summed E-state index contributed by atoms with van der Waals surface area (Å²) in [5.41, 5.74) is 10.6. The third kappa shape index (κ3) is 5.47. The fourth-order valence-corrected chi connectivity index (χ4v) is 5.96. The number of rotatable bonds is 9. The molecule has 0 aliphatic heterocycles. The number of methoxy groups -OCH3 is 2. The number of hydrogen-bond acceptors (Lipinski definition) is 10. The van der Waals surface area contributed by atoms with Crippen LogP contribution >= 0.6 is 22.7 Å². The first-order valence-corrected chi connectivity index (χ1v) is 14.0. The Balaban J connectivity index is 1.59. The maximum atomic E-state index is 13.4. The second-order valence-corrected chi connectivity index (χ2v) is 10.4. The molecule has 3 aromatic heterocycles. The number of nitrogens with zero attached hydrogens (tertiary/aromatic N) is 2. The Kier molecular flexibility index (Phi) is 7.94. The molecule has 0 atom stereocenters. The summed E-state index contributed by atoms with van der Waals surface area (Å²) in [6.45, 7) is 2.04. The van der Waals surface area contributed by atoms with Gasteiger partial charge in [-0.1, -0.05) is 30.3 Å². The number of nitrogens with two attached hydrogens (primary N) is 1. The number of nitrogens with one attached hydrogen (secondary N) is 1. The van der Waals surface area contributed by atoms with Gasteiger partial charge in [0.2, 0.25) is 0 Å². The van der Waals surface area contributed by atoms with E-state index in [-0.39, 0.29) is 12.4 Å². The van der Waals surface area contributed by atoms with Crippen LogP contribution in [-0.2, 0) is 16.0 Å². The quantitative estimate of drug-likeness (QED) is 0.204. The van der Waals surface area contributed by atoms with Crippen molar-refractivity contribution < 1.29 is 23.8 Å². The second-order valence-electron chi connectivity index (χ2n) is 8.59. The molecule has 0 fully saturated rings. The van der Waals surface area contributed by atoms with E-state index in [2.05, 4.69) is 10.3 Å². The van der Waals surface area contributed by atoms with Gasteiger partial charge >= 0.3 is 5.97 Å². The number of carbonyl (C=O) groups excluding carboxylic acids is 2. The minimum absolute atomic E-state index is 0.0309. The number of thiophene rings is 1. The van der Waals surface area contributed by atoms with Crippen LogP contribution in [0, 0.1) is 0 Å². The maximum absolute atomic E-state index is 13.4. The van der Waals surface area contributed by atoms with Gasteiger partial charge in [0.15, 0.2) is 5.13 Å². The van der Waals surface area contributed by atoms with Gasteiger partial charge in [0.1, 0.15) is 21.2 Å². The average molecular weight is 575 g/mol. The third-order valence-corrected chi connectivity index (χ3v) is 7.98. The van der Waals surface area contributed by atoms with Crippen molar-refractivity contribution in [1.82, 2.24) is 9.97 Å². The molecule has 0 saturated heterocycles. The molecule has 0 bridgehead atoms. The van der Waals surface area contributed by atoms with Crippen molar-refractivity contribution in [3.05, 3.63) is 70.5 Å². The molecule has 5 rings (SSSR count). The normalized spacial score (nSPS) is 10.9. The molecule has 40 heavy (non-hydrogen) atoms. The fraction of sp³-hybridized carbons (Fsp3) is 0.172. The lowest BCUT2D eigenvalue weighted by Crippen LogP contribution is -2.12. The molecule has 2 aromatic carbocycles. The lowest BCUT2D eigenvalue weighted by Gasteiger charge is -2.13. The molecule has 1 amide bonds. The highest BCUT2D eigenvalue weighted by atomic mass is 32.1. The van der Waals surface area contributed by atoms with E-state index in [1.807, 2.05) is 54.6 Å². The summed E-state index contributed by atoms with van der Waals surface area (Å²) < 4.78 is 16.1. The highest BCUT2D eigenvalue weighted by molar-refractivity contribution is 7.21. The highest BCUT2D eigenvalue weighted by Gasteiger charge is 2.24. The summed E-state index contributed by atoms with van der Waals surface area (Å²) in [6, 6.07) is 17.2. The zero-order valence-electron chi connectivity index (χ0n) is 22.0. The van der Waals surface area contributed by atoms with Gasteiger partial charge in [-0.15, -0.1) is 22.7 Å². The number of ether oxygens (including phenoxy) is 3. The van der Waals surface area contributed by atoms with Crippen LogP contribution in [0.25, 0.3) is 32.6 Å². The number of amides is 1. The summed E-state index contributed by atoms with van der Waals surface area (Å²) in [4.78, 5) is 35.3. The number of carbonyl (C=O) groups is 2. The van der Waals surface area contributed by atoms with Crippen LogP contribution in [0.15, 0.2) is 60.0 Å². The summed E-state index contributed by atoms with van der Waals surface area (Å²) >= 11 is 2.42. The zero-order chi connectivity index (χ0) is 28.2. The molecule has 0 aliphatic carbocycles. The Hall–Kier alpha value is -4.48. The van der Waals surface area contributed by atoms with Crippen molar-refractivity contribution in [2.45, 2.75) is 13.3 Å². The van der Waals surface area contributed by atoms with E-state index in [1.54, 1.807) is 26.5 Å². The smallest absolute Gasteiger partial charge is 0.311 e. The van der Waals surface area contributed by atoms with Gasteiger partial charge in [-0.3, -0.25) is 14.9 Å². The number of pyridine rings is 1. The molecule has 3 N–H and O–H groups in total. The van der Waals surface area contributed by atoms with E-state index < -0.39 is 5.91 Å². The lowest BCUT2D eigenvalue weighted by atomic mass is 9.98. The van der Waals surface area contributed by atoms with Gasteiger partial charge in [0.25, 0.3) is 5.91 Å². The molecular weight excluding hydrogens is 548 g/mol. The Morgan fingerprint density at radius 1 is 1.00 bits per heavy atom. The molecular formula is C29H26N4O5S2. The average Bonchev–Trinajstić information content (AvgIpc) is 3.55. The predicted octanol–water partition coefficient (Wildman–Crippen LogP) is 6.04. The Morgan fingerprint density at radius 3 is 2.52 bits per heavy atom. The van der Waals surface area contributed by atoms with Gasteiger partial charge in [-0.25, -0.2) is 9.97 Å². The largest absolute Gasteiger partial charge is 0.497 e. The van der Waals surface area contributed by atoms with E-state index >= 15 is 0 Å². The van der Waals surface area contributed by atoms with Crippen molar-refractivity contribution in [2.24, 2.45) is 0 Å². The van der Waals surface area contributed by atoms with E-state index in [0.29, 0.717) is 49.7 Å². The van der Waals surface area contributed by atoms with Gasteiger partial charge in [0.05, 0.1) is 44.3 Å². The van der Waals surface area contributed by atoms with Crippen LogP contribution in [0.2, 0.25) is 0 Å². The maximum Gasteiger partial charge on any atom is 0.311 e. The molecule has 9 nitrogen and oxygen atoms in total. The molecule has 0 aliphatic rings. The number of aromatic nitrogens is 2. The minimum Gasteiger partial charge on any atom is -0.497 e. The first-order chi connectivity index (χ1) is 19.4. The summed E-state index contributed by atoms with van der Waals surface area (Å²) in [6.07, 6.45) is 0.0309. The zero-order valence-corrected chi connectivity index (χ0v) is 23.7. The Labute approximate surface area is 238 Å². The summed E-state index contributed by atoms with van der Waals surface area (Å²) in [5.74, 6) is 0.486. The molecule has 5 aromatic rings. The molecule has 0 radical (unpaired) electrons. The van der Waals surface area contributed by atoms with Gasteiger partial charge < -0.3 is 19.9 Å². The number of esters is 1. The number of fused-ring (bicyclic) bond motifs is 1. The topological polar surface area (TPSA) is 126 Å². The summed E-state index contributed by atoms with van der Waals surface area (Å²) in [7, 11) is 3.20. The standard InChI is InChI=1S/C29H26N4O5S2/c1-4-38-23(34)12-17-15-39-29(31-17)33-27(35)26-25(30)24-20(19-13-18(36-2)10-11-22(19)37-3)14-21(32-28(24)40-26)16-8-6-5-7-9-16/h5-11,13-15H,4,12,30H2,1-3H3,(H,31,33,35). The molecule has 0 unspecified atom stereocenters. The molecule has 11 heteroatoms. The van der Waals surface area contributed by atoms with Crippen LogP contribution in [0.3, 0.4) is 0 Å². The highest BCUT2D eigenvalue weighted by Crippen LogP contribution is 2.45. The molecule has 204 valence electrons. The van der Waals surface area contributed by atoms with Crippen LogP contribution < -0.4 is 20.5 Å². The van der Waals surface area contributed by atoms with Crippen LogP contribution in [0.4, 0.5) is 10.8 Å². The van der Waals surface area contributed by atoms with Crippen LogP contribution in [-0.4, -0.2) is 42.7 Å². The van der Waals surface area contributed by atoms with Crippen molar-refractivity contribution in [1.29, 1.82) is 0 Å². The second kappa shape index (κ2) is 11.7. The van der Waals surface area contributed by atoms with Crippen LogP contribution in [0.5, 0.6) is 11.5 Å². The Morgan fingerprint density at radius 2 is 1.80 bits per heavy atom. The molecule has 0 saturated carbocycles. The SMILES string of the molecule is CCOC(=O)Cc1csc(NC(=O)c2sc3nc(-c4ccccc4)cc(-c4cc(OC)ccc4OC)c3c2N)n1. The predicted molar refractivity (Wildman–Crippen MR) is 158 cm³/mol. The number of thiazole rings is 1. The molecule has 3 heterocycles. The number of benzene rings is 2. The molecule has 0 spiro atoms. The number of anilines is 2. The minimum atomic E-state index is -0.414. The Bertz CT molecular complexity index is 1700. The van der Waals surface area contributed by atoms with Crippen molar-refractivity contribution in [3.63, 3.8) is 0 Å². The van der Waals surface area contributed by atoms with Gasteiger partial charge in [-0.2, -0.15) is 0 Å². The van der Waals surface area contributed by atoms with Crippen molar-refractivity contribution >= 4 is 55.6 Å². The van der Waals surface area contributed by atoms with E-state index in [4.69, 9.17) is 24.9 Å². The summed E-state index contributed by atoms with van der Waals surface area (Å²) in [5, 5.41) is 5.51. The van der Waals surface area contributed by atoms with Crippen molar-refractivity contribution in [3.8, 4) is 33.9 Å². The van der Waals surface area contributed by atoms with E-state index in [9.17, 15) is 9.59 Å². The lowest BCUT2D eigenvalue weighted by molar-refractivity contribution is -0.142. The van der Waals surface area contributed by atoms with Gasteiger partial charge in [-0.05, 0) is 31.2 Å². The number of hydrogen-bond donors (Lipinski definition) is 2. The van der Waals surface area contributed by atoms with Gasteiger partial charge in [0, 0.05) is 27.5 Å². The van der Waals surface area contributed by atoms with Crippen molar-refractivity contribution in [2.75, 3.05) is 31.9 Å². The van der Waals surface area contributed by atoms with E-state index in [1.165, 1.54) is 22.7 Å². The number of nitrogen functional groups attached to an aromatic ring is 1. The first kappa shape index (κ1) is 27.1. The van der Waals surface area contributed by atoms with Crippen LogP contribution in [0.1, 0.15) is 22.3 Å². The first-order valence-electron chi connectivity index (χ1n) is 12.3. The van der Waals surface area contributed by atoms with E-state index in [0.717, 1.165) is 22.4 Å². The fourth-order valence-electron chi connectivity index (χ4n) is 4.24.